The number of hydrogen-bond donors (Lipinski definition) is 2. The van der Waals surface area contributed by atoms with Crippen LogP contribution in [0.2, 0.25) is 0 Å². The summed E-state index contributed by atoms with van der Waals surface area (Å²) in [7, 11) is 0. The number of nitrogen functional groups attached to an aromatic ring is 1. The monoisotopic (exact) mass is 290 g/mol. The minimum Gasteiger partial charge on any atom is -0.361 e. The van der Waals surface area contributed by atoms with E-state index in [1.165, 1.54) is 10.4 Å². The maximum Gasteiger partial charge on any atom is 0.316 e. The number of nitrogens with one attached hydrogen (secondary N) is 1. The van der Waals surface area contributed by atoms with Gasteiger partial charge in [-0.1, -0.05) is 6.07 Å². The van der Waals surface area contributed by atoms with Gasteiger partial charge in [-0.05, 0) is 35.6 Å². The van der Waals surface area contributed by atoms with Crippen molar-refractivity contribution < 1.29 is 4.92 Å². The Morgan fingerprint density at radius 2 is 2.25 bits per heavy atom. The molecule has 0 aliphatic carbocycles. The van der Waals surface area contributed by atoms with E-state index in [4.69, 9.17) is 5.84 Å². The van der Waals surface area contributed by atoms with E-state index >= 15 is 0 Å². The largest absolute Gasteiger partial charge is 0.361 e. The fourth-order valence-corrected chi connectivity index (χ4v) is 3.44. The molecule has 0 bridgehead atoms. The molecule has 0 fully saturated rings. The maximum atomic E-state index is 11.3. The zero-order valence-corrected chi connectivity index (χ0v) is 11.5. The van der Waals surface area contributed by atoms with Crippen LogP contribution in [0.3, 0.4) is 0 Å². The number of hydrazine groups is 1. The Balaban J connectivity index is 2.01. The third-order valence-electron chi connectivity index (χ3n) is 3.50. The summed E-state index contributed by atoms with van der Waals surface area (Å²) in [6, 6.07) is 7.25. The Morgan fingerprint density at radius 3 is 3.00 bits per heavy atom. The smallest absolute Gasteiger partial charge is 0.316 e. The van der Waals surface area contributed by atoms with Gasteiger partial charge >= 0.3 is 5.69 Å². The van der Waals surface area contributed by atoms with E-state index in [0.717, 1.165) is 13.0 Å². The lowest BCUT2D eigenvalue weighted by Gasteiger charge is -2.29. The normalized spacial score (nSPS) is 13.9. The summed E-state index contributed by atoms with van der Waals surface area (Å²) >= 11 is 1.75. The molecule has 1 aliphatic heterocycles. The SMILES string of the molecule is NNc1cccc(N2CCc3sccc3C2)c1[N+](=O)[O-]. The number of nitro groups is 1. The van der Waals surface area contributed by atoms with Gasteiger partial charge in [-0.15, -0.1) is 11.3 Å². The molecule has 0 amide bonds. The van der Waals surface area contributed by atoms with Gasteiger partial charge in [0.2, 0.25) is 0 Å². The zero-order chi connectivity index (χ0) is 14.1. The van der Waals surface area contributed by atoms with Crippen LogP contribution in [0.1, 0.15) is 10.4 Å². The topological polar surface area (TPSA) is 84.4 Å². The van der Waals surface area contributed by atoms with E-state index in [2.05, 4.69) is 16.9 Å². The molecule has 6 nitrogen and oxygen atoms in total. The summed E-state index contributed by atoms with van der Waals surface area (Å²) < 4.78 is 0. The molecule has 0 atom stereocenters. The molecule has 3 rings (SSSR count). The van der Waals surface area contributed by atoms with Gasteiger partial charge in [0, 0.05) is 18.0 Å². The highest BCUT2D eigenvalue weighted by Crippen LogP contribution is 2.37. The predicted molar refractivity (Wildman–Crippen MR) is 80.0 cm³/mol. The van der Waals surface area contributed by atoms with Crippen LogP contribution in [-0.2, 0) is 13.0 Å². The van der Waals surface area contributed by atoms with Crippen LogP contribution in [0, 0.1) is 10.1 Å². The number of para-hydroxylation sites is 1. The van der Waals surface area contributed by atoms with E-state index in [9.17, 15) is 10.1 Å². The molecule has 2 heterocycles. The molecule has 1 aromatic heterocycles. The maximum absolute atomic E-state index is 11.3. The lowest BCUT2D eigenvalue weighted by Crippen LogP contribution is -2.30. The van der Waals surface area contributed by atoms with Gasteiger partial charge in [0.15, 0.2) is 0 Å². The van der Waals surface area contributed by atoms with Crippen LogP contribution in [0.25, 0.3) is 0 Å². The van der Waals surface area contributed by atoms with Crippen LogP contribution in [-0.4, -0.2) is 11.5 Å². The first-order valence-electron chi connectivity index (χ1n) is 6.25. The highest BCUT2D eigenvalue weighted by Gasteiger charge is 2.26. The Labute approximate surface area is 119 Å². The first-order chi connectivity index (χ1) is 9.70. The second-order valence-electron chi connectivity index (χ2n) is 4.62. The molecule has 0 radical (unpaired) electrons. The molecule has 20 heavy (non-hydrogen) atoms. The highest BCUT2D eigenvalue weighted by molar-refractivity contribution is 7.10. The Morgan fingerprint density at radius 1 is 1.40 bits per heavy atom. The molecule has 7 heteroatoms. The molecule has 1 aliphatic rings. The van der Waals surface area contributed by atoms with Crippen LogP contribution in [0.15, 0.2) is 29.6 Å². The molecule has 0 unspecified atom stereocenters. The Hall–Kier alpha value is -2.12. The number of anilines is 2. The van der Waals surface area contributed by atoms with Crippen LogP contribution >= 0.6 is 11.3 Å². The van der Waals surface area contributed by atoms with Crippen molar-refractivity contribution in [2.75, 3.05) is 16.9 Å². The summed E-state index contributed by atoms with van der Waals surface area (Å²) in [5.74, 6) is 5.38. The third-order valence-corrected chi connectivity index (χ3v) is 4.52. The van der Waals surface area contributed by atoms with Gasteiger partial charge in [-0.3, -0.25) is 16.0 Å². The number of hydrogen-bond acceptors (Lipinski definition) is 6. The van der Waals surface area contributed by atoms with Crippen LogP contribution in [0.5, 0.6) is 0 Å². The zero-order valence-electron chi connectivity index (χ0n) is 10.7. The first kappa shape index (κ1) is 12.9. The highest BCUT2D eigenvalue weighted by atomic mass is 32.1. The van der Waals surface area contributed by atoms with Crippen molar-refractivity contribution in [1.29, 1.82) is 0 Å². The molecule has 0 saturated carbocycles. The van der Waals surface area contributed by atoms with Gasteiger partial charge in [0.05, 0.1) is 4.92 Å². The first-order valence-corrected chi connectivity index (χ1v) is 7.13. The van der Waals surface area contributed by atoms with Gasteiger partial charge in [-0.25, -0.2) is 0 Å². The van der Waals surface area contributed by atoms with Crippen molar-refractivity contribution in [3.63, 3.8) is 0 Å². The van der Waals surface area contributed by atoms with E-state index in [1.807, 2.05) is 4.90 Å². The predicted octanol–water partition coefficient (Wildman–Crippen LogP) is 2.50. The molecule has 0 spiro atoms. The number of nitro benzene ring substituents is 1. The van der Waals surface area contributed by atoms with Crippen molar-refractivity contribution in [2.45, 2.75) is 13.0 Å². The van der Waals surface area contributed by atoms with Crippen LogP contribution < -0.4 is 16.2 Å². The van der Waals surface area contributed by atoms with Crippen molar-refractivity contribution in [1.82, 2.24) is 0 Å². The Kier molecular flexibility index (Phi) is 3.29. The fraction of sp³-hybridized carbons (Fsp3) is 0.231. The lowest BCUT2D eigenvalue weighted by atomic mass is 10.1. The number of thiophene rings is 1. The van der Waals surface area contributed by atoms with E-state index in [0.29, 0.717) is 17.9 Å². The van der Waals surface area contributed by atoms with Gasteiger partial charge in [-0.2, -0.15) is 0 Å². The summed E-state index contributed by atoms with van der Waals surface area (Å²) in [4.78, 5) is 14.4. The molecule has 104 valence electrons. The van der Waals surface area contributed by atoms with E-state index in [-0.39, 0.29) is 10.6 Å². The number of nitrogens with zero attached hydrogens (tertiary/aromatic N) is 2. The minimum atomic E-state index is -0.381. The fourth-order valence-electron chi connectivity index (χ4n) is 2.55. The summed E-state index contributed by atoms with van der Waals surface area (Å²) in [6.45, 7) is 1.48. The van der Waals surface area contributed by atoms with E-state index < -0.39 is 0 Å². The van der Waals surface area contributed by atoms with Gasteiger partial charge in [0.1, 0.15) is 11.4 Å². The molecular formula is C13H14N4O2S. The Bertz CT molecular complexity index is 656. The van der Waals surface area contributed by atoms with Crippen molar-refractivity contribution >= 4 is 28.4 Å². The molecular weight excluding hydrogens is 276 g/mol. The second kappa shape index (κ2) is 5.10. The van der Waals surface area contributed by atoms with Gasteiger partial charge in [0.25, 0.3) is 0 Å². The number of rotatable bonds is 3. The molecule has 2 aromatic rings. The van der Waals surface area contributed by atoms with Crippen molar-refractivity contribution in [3.8, 4) is 0 Å². The molecule has 3 N–H and O–H groups in total. The summed E-state index contributed by atoms with van der Waals surface area (Å²) in [6.07, 6.45) is 0.921. The van der Waals surface area contributed by atoms with E-state index in [1.54, 1.807) is 29.5 Å². The average Bonchev–Trinajstić information content (AvgIpc) is 2.93. The quantitative estimate of drug-likeness (QED) is 0.515. The summed E-state index contributed by atoms with van der Waals surface area (Å²) in [5.41, 5.74) is 4.64. The lowest BCUT2D eigenvalue weighted by molar-refractivity contribution is -0.383. The van der Waals surface area contributed by atoms with Crippen LogP contribution in [0.4, 0.5) is 17.1 Å². The summed E-state index contributed by atoms with van der Waals surface area (Å²) in [5, 5.41) is 13.4. The van der Waals surface area contributed by atoms with Crippen molar-refractivity contribution in [2.24, 2.45) is 5.84 Å². The number of benzene rings is 1. The standard InChI is InChI=1S/C13H14N4O2S/c14-15-10-2-1-3-11(13(10)17(18)19)16-6-4-12-9(8-16)5-7-20-12/h1-3,5,7,15H,4,6,8,14H2. The molecule has 0 saturated heterocycles. The van der Waals surface area contributed by atoms with Crippen molar-refractivity contribution in [3.05, 3.63) is 50.2 Å². The number of nitrogens with two attached hydrogens (primary N) is 1. The number of fused-ring (bicyclic) bond motifs is 1. The molecule has 1 aromatic carbocycles. The van der Waals surface area contributed by atoms with Gasteiger partial charge < -0.3 is 10.3 Å². The third kappa shape index (κ3) is 2.10. The minimum absolute atomic E-state index is 0.0358. The average molecular weight is 290 g/mol. The second-order valence-corrected chi connectivity index (χ2v) is 5.62.